The van der Waals surface area contributed by atoms with Crippen LogP contribution in [-0.2, 0) is 0 Å². The topological polar surface area (TPSA) is 52.0 Å². The van der Waals surface area contributed by atoms with Crippen molar-refractivity contribution in [1.29, 1.82) is 0 Å². The zero-order valence-corrected chi connectivity index (χ0v) is 7.69. The van der Waals surface area contributed by atoms with E-state index in [0.29, 0.717) is 5.92 Å². The number of hydrogen-bond donors (Lipinski definition) is 2. The summed E-state index contributed by atoms with van der Waals surface area (Å²) >= 11 is 1.58. The molecular weight excluding hydrogens is 156 g/mol. The van der Waals surface area contributed by atoms with Crippen molar-refractivity contribution in [3.63, 3.8) is 0 Å². The fourth-order valence-corrected chi connectivity index (χ4v) is 1.83. The molecule has 2 nitrogen and oxygen atoms in total. The highest BCUT2D eigenvalue weighted by atomic mass is 32.1. The van der Waals surface area contributed by atoms with Crippen molar-refractivity contribution in [2.45, 2.75) is 19.9 Å². The van der Waals surface area contributed by atoms with Crippen molar-refractivity contribution in [3.8, 4) is 0 Å². The highest BCUT2D eigenvalue weighted by Gasteiger charge is 2.11. The van der Waals surface area contributed by atoms with E-state index < -0.39 is 0 Å². The van der Waals surface area contributed by atoms with E-state index in [1.165, 1.54) is 4.88 Å². The maximum absolute atomic E-state index is 5.91. The van der Waals surface area contributed by atoms with Crippen LogP contribution in [0.25, 0.3) is 0 Å². The summed E-state index contributed by atoms with van der Waals surface area (Å²) in [5.74, 6) is 0.480. The third kappa shape index (κ3) is 1.94. The Kier molecular flexibility index (Phi) is 2.52. The van der Waals surface area contributed by atoms with Gasteiger partial charge in [-0.2, -0.15) is 0 Å². The molecule has 0 aliphatic carbocycles. The maximum atomic E-state index is 5.91. The van der Waals surface area contributed by atoms with Crippen LogP contribution in [0.2, 0.25) is 0 Å². The summed E-state index contributed by atoms with van der Waals surface area (Å²) in [6.07, 6.45) is 0. The Morgan fingerprint density at radius 2 is 2.00 bits per heavy atom. The van der Waals surface area contributed by atoms with Gasteiger partial charge in [0.05, 0.1) is 5.00 Å². The van der Waals surface area contributed by atoms with E-state index in [-0.39, 0.29) is 6.04 Å². The lowest BCUT2D eigenvalue weighted by Gasteiger charge is -2.12. The van der Waals surface area contributed by atoms with Gasteiger partial charge in [-0.15, -0.1) is 11.3 Å². The third-order valence-electron chi connectivity index (χ3n) is 1.69. The molecular formula is C8H14N2S. The SMILES string of the molecule is CC(C)C(N)c1ccc(N)s1. The predicted octanol–water partition coefficient (Wildman–Crippen LogP) is 1.99. The molecule has 0 bridgehead atoms. The van der Waals surface area contributed by atoms with E-state index in [0.717, 1.165) is 5.00 Å². The van der Waals surface area contributed by atoms with Crippen LogP contribution >= 0.6 is 11.3 Å². The molecule has 1 heterocycles. The van der Waals surface area contributed by atoms with Gasteiger partial charge in [-0.1, -0.05) is 13.8 Å². The first-order valence-electron chi connectivity index (χ1n) is 3.72. The van der Waals surface area contributed by atoms with Gasteiger partial charge < -0.3 is 11.5 Å². The highest BCUT2D eigenvalue weighted by Crippen LogP contribution is 2.27. The summed E-state index contributed by atoms with van der Waals surface area (Å²) in [6.45, 7) is 4.22. The Hall–Kier alpha value is -0.540. The molecule has 0 aromatic carbocycles. The molecule has 1 aromatic rings. The Labute approximate surface area is 71.2 Å². The Balaban J connectivity index is 2.76. The van der Waals surface area contributed by atoms with E-state index in [1.54, 1.807) is 11.3 Å². The minimum absolute atomic E-state index is 0.136. The largest absolute Gasteiger partial charge is 0.391 e. The van der Waals surface area contributed by atoms with Crippen LogP contribution in [0.1, 0.15) is 24.8 Å². The molecule has 4 N–H and O–H groups in total. The second kappa shape index (κ2) is 3.24. The van der Waals surface area contributed by atoms with Gasteiger partial charge >= 0.3 is 0 Å². The predicted molar refractivity (Wildman–Crippen MR) is 50.5 cm³/mol. The molecule has 0 spiro atoms. The van der Waals surface area contributed by atoms with Gasteiger partial charge in [0.25, 0.3) is 0 Å². The van der Waals surface area contributed by atoms with Crippen LogP contribution in [-0.4, -0.2) is 0 Å². The van der Waals surface area contributed by atoms with E-state index in [4.69, 9.17) is 11.5 Å². The minimum Gasteiger partial charge on any atom is -0.391 e. The number of hydrogen-bond acceptors (Lipinski definition) is 3. The molecule has 0 saturated carbocycles. The van der Waals surface area contributed by atoms with Crippen molar-refractivity contribution in [3.05, 3.63) is 17.0 Å². The highest BCUT2D eigenvalue weighted by molar-refractivity contribution is 7.15. The average molecular weight is 170 g/mol. The second-order valence-corrected chi connectivity index (χ2v) is 4.16. The number of thiophene rings is 1. The molecule has 0 amide bonds. The Morgan fingerprint density at radius 3 is 2.36 bits per heavy atom. The smallest absolute Gasteiger partial charge is 0.0859 e. The van der Waals surface area contributed by atoms with Crippen molar-refractivity contribution >= 4 is 16.3 Å². The van der Waals surface area contributed by atoms with Gasteiger partial charge in [-0.25, -0.2) is 0 Å². The molecule has 1 unspecified atom stereocenters. The van der Waals surface area contributed by atoms with Gasteiger partial charge in [0, 0.05) is 10.9 Å². The zero-order chi connectivity index (χ0) is 8.43. The van der Waals surface area contributed by atoms with Crippen LogP contribution in [0.15, 0.2) is 12.1 Å². The first-order chi connectivity index (χ1) is 5.11. The molecule has 1 atom stereocenters. The average Bonchev–Trinajstić information content (AvgIpc) is 2.34. The molecule has 62 valence electrons. The monoisotopic (exact) mass is 170 g/mol. The summed E-state index contributed by atoms with van der Waals surface area (Å²) in [7, 11) is 0. The number of rotatable bonds is 2. The number of nitrogen functional groups attached to an aromatic ring is 1. The minimum atomic E-state index is 0.136. The van der Waals surface area contributed by atoms with Crippen LogP contribution in [0, 0.1) is 5.92 Å². The van der Waals surface area contributed by atoms with Gasteiger partial charge in [-0.05, 0) is 18.1 Å². The normalized spacial score (nSPS) is 13.8. The zero-order valence-electron chi connectivity index (χ0n) is 6.87. The molecule has 1 aromatic heterocycles. The second-order valence-electron chi connectivity index (χ2n) is 3.01. The molecule has 0 aliphatic heterocycles. The summed E-state index contributed by atoms with van der Waals surface area (Å²) in [5, 5.41) is 0.844. The summed E-state index contributed by atoms with van der Waals surface area (Å²) in [6, 6.07) is 4.05. The number of anilines is 1. The fourth-order valence-electron chi connectivity index (χ4n) is 0.876. The standard InChI is InChI=1S/C8H14N2S/c1-5(2)8(10)6-3-4-7(9)11-6/h3-5,8H,9-10H2,1-2H3. The first-order valence-corrected chi connectivity index (χ1v) is 4.53. The lowest BCUT2D eigenvalue weighted by molar-refractivity contribution is 0.521. The number of nitrogens with two attached hydrogens (primary N) is 2. The summed E-state index contributed by atoms with van der Waals surface area (Å²) < 4.78 is 0. The molecule has 11 heavy (non-hydrogen) atoms. The van der Waals surface area contributed by atoms with Crippen molar-refractivity contribution in [2.24, 2.45) is 11.7 Å². The van der Waals surface area contributed by atoms with E-state index in [9.17, 15) is 0 Å². The van der Waals surface area contributed by atoms with Crippen molar-refractivity contribution in [1.82, 2.24) is 0 Å². The molecule has 0 radical (unpaired) electrons. The van der Waals surface area contributed by atoms with Gasteiger partial charge in [-0.3, -0.25) is 0 Å². The lowest BCUT2D eigenvalue weighted by Crippen LogP contribution is -2.14. The molecule has 3 heteroatoms. The van der Waals surface area contributed by atoms with Crippen LogP contribution in [0.3, 0.4) is 0 Å². The van der Waals surface area contributed by atoms with Gasteiger partial charge in [0.2, 0.25) is 0 Å². The van der Waals surface area contributed by atoms with Crippen LogP contribution in [0.4, 0.5) is 5.00 Å². The Morgan fingerprint density at radius 1 is 1.36 bits per heavy atom. The molecule has 0 saturated heterocycles. The van der Waals surface area contributed by atoms with Gasteiger partial charge in [0.1, 0.15) is 0 Å². The summed E-state index contributed by atoms with van der Waals surface area (Å²) in [4.78, 5) is 1.18. The quantitative estimate of drug-likeness (QED) is 0.713. The van der Waals surface area contributed by atoms with Crippen molar-refractivity contribution in [2.75, 3.05) is 5.73 Å². The molecule has 1 rings (SSSR count). The molecule has 0 fully saturated rings. The lowest BCUT2D eigenvalue weighted by atomic mass is 10.0. The van der Waals surface area contributed by atoms with Crippen LogP contribution < -0.4 is 11.5 Å². The Bertz CT molecular complexity index is 230. The van der Waals surface area contributed by atoms with E-state index in [2.05, 4.69) is 13.8 Å². The first kappa shape index (κ1) is 8.56. The van der Waals surface area contributed by atoms with E-state index >= 15 is 0 Å². The summed E-state index contributed by atoms with van der Waals surface area (Å²) in [5.41, 5.74) is 11.5. The molecule has 0 aliphatic rings. The van der Waals surface area contributed by atoms with Gasteiger partial charge in [0.15, 0.2) is 0 Å². The fraction of sp³-hybridized carbons (Fsp3) is 0.500. The van der Waals surface area contributed by atoms with Crippen LogP contribution in [0.5, 0.6) is 0 Å². The maximum Gasteiger partial charge on any atom is 0.0859 e. The third-order valence-corrected chi connectivity index (χ3v) is 2.71. The van der Waals surface area contributed by atoms with E-state index in [1.807, 2.05) is 12.1 Å². The van der Waals surface area contributed by atoms with Crippen molar-refractivity contribution < 1.29 is 0 Å².